The summed E-state index contributed by atoms with van der Waals surface area (Å²) in [7, 11) is 0. The molecule has 146 valence electrons. The summed E-state index contributed by atoms with van der Waals surface area (Å²) in [5.41, 5.74) is 6.28. The predicted octanol–water partition coefficient (Wildman–Crippen LogP) is 5.09. The summed E-state index contributed by atoms with van der Waals surface area (Å²) in [6, 6.07) is 15.9. The van der Waals surface area contributed by atoms with E-state index in [1.54, 1.807) is 0 Å². The zero-order chi connectivity index (χ0) is 20.3. The fourth-order valence-corrected chi connectivity index (χ4v) is 3.81. The van der Waals surface area contributed by atoms with E-state index in [4.69, 9.17) is 11.6 Å². The largest absolute Gasteiger partial charge is 0.478 e. The average molecular weight is 397 g/mol. The molecule has 0 amide bonds. The number of hydrogen-bond donors (Lipinski definition) is 2. The number of carbonyl (C=O) groups is 1. The summed E-state index contributed by atoms with van der Waals surface area (Å²) in [5.74, 6) is -0.899. The highest BCUT2D eigenvalue weighted by Crippen LogP contribution is 2.27. The molecule has 3 aromatic rings. The van der Waals surface area contributed by atoms with E-state index in [-0.39, 0.29) is 0 Å². The molecule has 5 heteroatoms. The van der Waals surface area contributed by atoms with E-state index in [1.807, 2.05) is 42.7 Å². The fourth-order valence-electron chi connectivity index (χ4n) is 3.69. The van der Waals surface area contributed by atoms with Crippen molar-refractivity contribution in [2.24, 2.45) is 0 Å². The molecule has 1 aromatic heterocycles. The van der Waals surface area contributed by atoms with Crippen LogP contribution < -0.4 is 5.32 Å². The number of benzene rings is 2. The van der Waals surface area contributed by atoms with Gasteiger partial charge in [-0.1, -0.05) is 41.4 Å². The van der Waals surface area contributed by atoms with Crippen LogP contribution in [0.25, 0.3) is 5.69 Å². The van der Waals surface area contributed by atoms with Gasteiger partial charge in [0.05, 0.1) is 5.56 Å². The second-order valence-electron chi connectivity index (χ2n) is 7.06. The lowest BCUT2D eigenvalue weighted by atomic mass is 10.1. The summed E-state index contributed by atoms with van der Waals surface area (Å²) in [6.07, 6.45) is 0.903. The highest BCUT2D eigenvalue weighted by atomic mass is 35.5. The molecule has 0 radical (unpaired) electrons. The number of aromatic carboxylic acids is 1. The van der Waals surface area contributed by atoms with Crippen LogP contribution in [-0.4, -0.2) is 22.2 Å². The molecule has 0 bridgehead atoms. The number of aryl methyl sites for hydroxylation is 1. The zero-order valence-electron chi connectivity index (χ0n) is 16.4. The SMILES string of the molecule is Cc1cccc(CCNCc2c(C(=O)O)c(C)n(-c3ccc(Cl)cc3)c2C)c1. The molecule has 2 aromatic carbocycles. The van der Waals surface area contributed by atoms with Crippen molar-refractivity contribution in [1.82, 2.24) is 9.88 Å². The topological polar surface area (TPSA) is 54.3 Å². The number of nitrogens with zero attached hydrogens (tertiary/aromatic N) is 1. The van der Waals surface area contributed by atoms with Gasteiger partial charge in [-0.3, -0.25) is 0 Å². The fraction of sp³-hybridized carbons (Fsp3) is 0.261. The minimum Gasteiger partial charge on any atom is -0.478 e. The molecule has 4 nitrogen and oxygen atoms in total. The third kappa shape index (κ3) is 4.29. The third-order valence-corrected chi connectivity index (χ3v) is 5.30. The van der Waals surface area contributed by atoms with Crippen LogP contribution in [0.5, 0.6) is 0 Å². The first-order valence-corrected chi connectivity index (χ1v) is 9.72. The number of rotatable bonds is 7. The first-order valence-electron chi connectivity index (χ1n) is 9.34. The Morgan fingerprint density at radius 2 is 1.79 bits per heavy atom. The molecular formula is C23H25ClN2O2. The van der Waals surface area contributed by atoms with Gasteiger partial charge in [0, 0.05) is 34.2 Å². The van der Waals surface area contributed by atoms with Crippen LogP contribution in [0.4, 0.5) is 0 Å². The molecule has 0 aliphatic rings. The van der Waals surface area contributed by atoms with Crippen molar-refractivity contribution >= 4 is 17.6 Å². The van der Waals surface area contributed by atoms with Crippen LogP contribution in [0.2, 0.25) is 5.02 Å². The van der Waals surface area contributed by atoms with Crippen molar-refractivity contribution in [3.05, 3.63) is 87.2 Å². The van der Waals surface area contributed by atoms with Crippen LogP contribution in [0.1, 0.15) is 38.4 Å². The Morgan fingerprint density at radius 1 is 1.07 bits per heavy atom. The zero-order valence-corrected chi connectivity index (χ0v) is 17.2. The summed E-state index contributed by atoms with van der Waals surface area (Å²) < 4.78 is 1.98. The normalized spacial score (nSPS) is 11.0. The maximum absolute atomic E-state index is 11.9. The van der Waals surface area contributed by atoms with E-state index in [9.17, 15) is 9.90 Å². The lowest BCUT2D eigenvalue weighted by molar-refractivity contribution is 0.0695. The van der Waals surface area contributed by atoms with Gasteiger partial charge in [-0.05, 0) is 63.6 Å². The minimum atomic E-state index is -0.899. The summed E-state index contributed by atoms with van der Waals surface area (Å²) in [5, 5.41) is 13.8. The van der Waals surface area contributed by atoms with Crippen molar-refractivity contribution in [2.75, 3.05) is 6.54 Å². The van der Waals surface area contributed by atoms with Crippen LogP contribution in [0, 0.1) is 20.8 Å². The molecule has 2 N–H and O–H groups in total. The molecule has 0 fully saturated rings. The monoisotopic (exact) mass is 396 g/mol. The van der Waals surface area contributed by atoms with Crippen molar-refractivity contribution in [2.45, 2.75) is 33.7 Å². The van der Waals surface area contributed by atoms with Gasteiger partial charge in [0.15, 0.2) is 0 Å². The molecule has 0 unspecified atom stereocenters. The van der Waals surface area contributed by atoms with Crippen molar-refractivity contribution in [3.63, 3.8) is 0 Å². The van der Waals surface area contributed by atoms with Crippen LogP contribution in [0.15, 0.2) is 48.5 Å². The number of halogens is 1. The Bertz CT molecular complexity index is 991. The van der Waals surface area contributed by atoms with Crippen molar-refractivity contribution in [3.8, 4) is 5.69 Å². The molecule has 0 saturated carbocycles. The molecule has 0 saturated heterocycles. The Morgan fingerprint density at radius 3 is 2.43 bits per heavy atom. The van der Waals surface area contributed by atoms with Crippen molar-refractivity contribution in [1.29, 1.82) is 0 Å². The standard InChI is InChI=1S/C23H25ClN2O2/c1-15-5-4-6-18(13-15)11-12-25-14-21-16(2)26(17(3)22(21)23(27)28)20-9-7-19(24)8-10-20/h4-10,13,25H,11-12,14H2,1-3H3,(H,27,28). The second kappa shape index (κ2) is 8.63. The summed E-state index contributed by atoms with van der Waals surface area (Å²) in [4.78, 5) is 11.9. The molecule has 1 heterocycles. The minimum absolute atomic E-state index is 0.371. The number of hydrogen-bond acceptors (Lipinski definition) is 2. The summed E-state index contributed by atoms with van der Waals surface area (Å²) >= 11 is 6.00. The van der Waals surface area contributed by atoms with Gasteiger partial charge in [0.2, 0.25) is 0 Å². The smallest absolute Gasteiger partial charge is 0.337 e. The van der Waals surface area contributed by atoms with Gasteiger partial charge in [0.25, 0.3) is 0 Å². The van der Waals surface area contributed by atoms with E-state index in [0.717, 1.165) is 35.6 Å². The Labute approximate surface area is 170 Å². The maximum Gasteiger partial charge on any atom is 0.337 e. The molecule has 28 heavy (non-hydrogen) atoms. The van der Waals surface area contributed by atoms with E-state index in [0.29, 0.717) is 17.1 Å². The second-order valence-corrected chi connectivity index (χ2v) is 7.49. The highest BCUT2D eigenvalue weighted by Gasteiger charge is 2.23. The number of carboxylic acid groups (broad SMARTS) is 1. The lowest BCUT2D eigenvalue weighted by Gasteiger charge is -2.10. The van der Waals surface area contributed by atoms with Crippen LogP contribution in [0.3, 0.4) is 0 Å². The molecule has 0 atom stereocenters. The Balaban J connectivity index is 1.81. The Hall–Kier alpha value is -2.56. The van der Waals surface area contributed by atoms with Gasteiger partial charge in [0.1, 0.15) is 0 Å². The molecular weight excluding hydrogens is 372 g/mol. The molecule has 0 aliphatic heterocycles. The summed E-state index contributed by atoms with van der Waals surface area (Å²) in [6.45, 7) is 7.20. The van der Waals surface area contributed by atoms with E-state index < -0.39 is 5.97 Å². The van der Waals surface area contributed by atoms with Gasteiger partial charge in [-0.15, -0.1) is 0 Å². The van der Waals surface area contributed by atoms with Crippen molar-refractivity contribution < 1.29 is 9.90 Å². The lowest BCUT2D eigenvalue weighted by Crippen LogP contribution is -2.18. The predicted molar refractivity (Wildman–Crippen MR) is 114 cm³/mol. The molecule has 0 aliphatic carbocycles. The molecule has 0 spiro atoms. The van der Waals surface area contributed by atoms with E-state index in [2.05, 4.69) is 36.5 Å². The van der Waals surface area contributed by atoms with Crippen LogP contribution in [-0.2, 0) is 13.0 Å². The van der Waals surface area contributed by atoms with Gasteiger partial charge in [-0.25, -0.2) is 4.79 Å². The number of carboxylic acids is 1. The number of nitrogens with one attached hydrogen (secondary N) is 1. The van der Waals surface area contributed by atoms with Gasteiger partial charge in [-0.2, -0.15) is 0 Å². The van der Waals surface area contributed by atoms with Gasteiger partial charge < -0.3 is 15.0 Å². The maximum atomic E-state index is 11.9. The van der Waals surface area contributed by atoms with E-state index >= 15 is 0 Å². The number of aromatic nitrogens is 1. The van der Waals surface area contributed by atoms with Gasteiger partial charge >= 0.3 is 5.97 Å². The quantitative estimate of drug-likeness (QED) is 0.547. The van der Waals surface area contributed by atoms with E-state index in [1.165, 1.54) is 11.1 Å². The first kappa shape index (κ1) is 20.2. The van der Waals surface area contributed by atoms with Crippen LogP contribution >= 0.6 is 11.6 Å². The highest BCUT2D eigenvalue weighted by molar-refractivity contribution is 6.30. The first-order chi connectivity index (χ1) is 13.4. The molecule has 3 rings (SSSR count). The third-order valence-electron chi connectivity index (χ3n) is 5.04. The Kier molecular flexibility index (Phi) is 6.22. The average Bonchev–Trinajstić information content (AvgIpc) is 2.90.